The van der Waals surface area contributed by atoms with E-state index in [-0.39, 0.29) is 11.8 Å². The quantitative estimate of drug-likeness (QED) is 0.644. The smallest absolute Gasteiger partial charge is 0.240 e. The highest BCUT2D eigenvalue weighted by molar-refractivity contribution is 5.86. The highest BCUT2D eigenvalue weighted by Crippen LogP contribution is 2.04. The molecule has 0 aliphatic rings. The zero-order valence-electron chi connectivity index (χ0n) is 9.67. The van der Waals surface area contributed by atoms with Gasteiger partial charge in [0.25, 0.3) is 0 Å². The first-order chi connectivity index (χ1) is 6.82. The van der Waals surface area contributed by atoms with Crippen LogP contribution in [-0.4, -0.2) is 17.9 Å². The molecule has 0 unspecified atom stereocenters. The van der Waals surface area contributed by atoms with Gasteiger partial charge in [-0.2, -0.15) is 0 Å². The molecule has 4 nitrogen and oxygen atoms in total. The van der Waals surface area contributed by atoms with Gasteiger partial charge in [-0.15, -0.1) is 6.58 Å². The molecular weight excluding hydrogens is 192 g/mol. The maximum atomic E-state index is 11.4. The van der Waals surface area contributed by atoms with Crippen LogP contribution in [0.25, 0.3) is 0 Å². The van der Waals surface area contributed by atoms with Crippen LogP contribution in [0.1, 0.15) is 33.6 Å². The molecule has 0 aliphatic carbocycles. The molecule has 2 amide bonds. The van der Waals surface area contributed by atoms with Crippen LogP contribution in [0.4, 0.5) is 0 Å². The van der Waals surface area contributed by atoms with Crippen molar-refractivity contribution in [3.05, 3.63) is 12.2 Å². The Balaban J connectivity index is 4.22. The van der Waals surface area contributed by atoms with Crippen LogP contribution in [-0.2, 0) is 9.59 Å². The van der Waals surface area contributed by atoms with Crippen molar-refractivity contribution in [2.75, 3.05) is 0 Å². The Kier molecular flexibility index (Phi) is 5.67. The van der Waals surface area contributed by atoms with Crippen LogP contribution >= 0.6 is 0 Å². The molecule has 0 saturated carbocycles. The molecular formula is C11H20N2O2. The van der Waals surface area contributed by atoms with Crippen molar-refractivity contribution in [1.82, 2.24) is 5.32 Å². The molecule has 0 aromatic carbocycles. The predicted octanol–water partition coefficient (Wildman–Crippen LogP) is 0.969. The Morgan fingerprint density at radius 3 is 2.20 bits per heavy atom. The SMILES string of the molecule is C=C(C)C[C@@H](NC(=O)CC(C)C)C(N)=O. The summed E-state index contributed by atoms with van der Waals surface area (Å²) in [5, 5.41) is 2.60. The summed E-state index contributed by atoms with van der Waals surface area (Å²) >= 11 is 0. The first-order valence-corrected chi connectivity index (χ1v) is 5.06. The van der Waals surface area contributed by atoms with Crippen LogP contribution in [0.15, 0.2) is 12.2 Å². The molecule has 0 fully saturated rings. The van der Waals surface area contributed by atoms with E-state index in [2.05, 4.69) is 11.9 Å². The molecule has 0 radical (unpaired) electrons. The summed E-state index contributed by atoms with van der Waals surface area (Å²) in [6, 6.07) is -0.631. The van der Waals surface area contributed by atoms with Gasteiger partial charge in [-0.05, 0) is 19.3 Å². The van der Waals surface area contributed by atoms with Crippen molar-refractivity contribution < 1.29 is 9.59 Å². The molecule has 4 heteroatoms. The summed E-state index contributed by atoms with van der Waals surface area (Å²) in [5.41, 5.74) is 5.99. The Bertz CT molecular complexity index is 259. The van der Waals surface area contributed by atoms with Gasteiger partial charge in [-0.3, -0.25) is 9.59 Å². The highest BCUT2D eigenvalue weighted by Gasteiger charge is 2.18. The molecule has 0 aromatic heterocycles. The number of rotatable bonds is 6. The van der Waals surface area contributed by atoms with E-state index in [1.165, 1.54) is 0 Å². The van der Waals surface area contributed by atoms with Crippen LogP contribution in [0, 0.1) is 5.92 Å². The molecule has 0 spiro atoms. The van der Waals surface area contributed by atoms with Crippen molar-refractivity contribution in [2.45, 2.75) is 39.7 Å². The van der Waals surface area contributed by atoms with Crippen LogP contribution in [0.3, 0.4) is 0 Å². The number of nitrogens with one attached hydrogen (secondary N) is 1. The second-order valence-electron chi connectivity index (χ2n) is 4.28. The Labute approximate surface area is 90.9 Å². The summed E-state index contributed by atoms with van der Waals surface area (Å²) in [5.74, 6) is -0.395. The Morgan fingerprint density at radius 2 is 1.87 bits per heavy atom. The van der Waals surface area contributed by atoms with Crippen molar-refractivity contribution in [3.8, 4) is 0 Å². The van der Waals surface area contributed by atoms with Gasteiger partial charge in [0.05, 0.1) is 0 Å². The van der Waals surface area contributed by atoms with E-state index in [0.717, 1.165) is 5.57 Å². The number of hydrogen-bond donors (Lipinski definition) is 2. The van der Waals surface area contributed by atoms with Gasteiger partial charge in [0.15, 0.2) is 0 Å². The molecule has 3 N–H and O–H groups in total. The lowest BCUT2D eigenvalue weighted by molar-refractivity contribution is -0.127. The third-order valence-electron chi connectivity index (χ3n) is 1.82. The molecule has 0 heterocycles. The second-order valence-corrected chi connectivity index (χ2v) is 4.28. The third kappa shape index (κ3) is 6.71. The van der Waals surface area contributed by atoms with E-state index in [9.17, 15) is 9.59 Å². The molecule has 0 aliphatic heterocycles. The standard InChI is InChI=1S/C11H20N2O2/c1-7(2)5-9(11(12)15)13-10(14)6-8(3)4/h8-9H,1,5-6H2,2-4H3,(H2,12,15)(H,13,14)/t9-/m1/s1. The average molecular weight is 212 g/mol. The molecule has 86 valence electrons. The van der Waals surface area contributed by atoms with Gasteiger partial charge in [-0.25, -0.2) is 0 Å². The summed E-state index contributed by atoms with van der Waals surface area (Å²) in [7, 11) is 0. The van der Waals surface area contributed by atoms with E-state index in [4.69, 9.17) is 5.73 Å². The van der Waals surface area contributed by atoms with Gasteiger partial charge >= 0.3 is 0 Å². The van der Waals surface area contributed by atoms with Crippen molar-refractivity contribution >= 4 is 11.8 Å². The normalized spacial score (nSPS) is 12.3. The largest absolute Gasteiger partial charge is 0.368 e. The Hall–Kier alpha value is -1.32. The average Bonchev–Trinajstić information content (AvgIpc) is 1.99. The Morgan fingerprint density at radius 1 is 1.33 bits per heavy atom. The number of carbonyl (C=O) groups is 2. The first kappa shape index (κ1) is 13.7. The molecule has 1 atom stereocenters. The maximum Gasteiger partial charge on any atom is 0.240 e. The second kappa shape index (κ2) is 6.22. The summed E-state index contributed by atoms with van der Waals surface area (Å²) in [6.45, 7) is 9.37. The fourth-order valence-electron chi connectivity index (χ4n) is 1.20. The fraction of sp³-hybridized carbons (Fsp3) is 0.636. The zero-order valence-corrected chi connectivity index (χ0v) is 9.67. The van der Waals surface area contributed by atoms with E-state index in [0.29, 0.717) is 12.8 Å². The minimum atomic E-state index is -0.631. The topological polar surface area (TPSA) is 72.2 Å². The van der Waals surface area contributed by atoms with Crippen LogP contribution in [0.2, 0.25) is 0 Å². The van der Waals surface area contributed by atoms with Gasteiger partial charge in [0.1, 0.15) is 6.04 Å². The lowest BCUT2D eigenvalue weighted by Gasteiger charge is -2.16. The van der Waals surface area contributed by atoms with Gasteiger partial charge in [0, 0.05) is 6.42 Å². The molecule has 0 bridgehead atoms. The van der Waals surface area contributed by atoms with Crippen molar-refractivity contribution in [1.29, 1.82) is 0 Å². The predicted molar refractivity (Wildman–Crippen MR) is 60.0 cm³/mol. The molecule has 0 aromatic rings. The van der Waals surface area contributed by atoms with E-state index in [1.807, 2.05) is 13.8 Å². The van der Waals surface area contributed by atoms with E-state index < -0.39 is 11.9 Å². The number of hydrogen-bond acceptors (Lipinski definition) is 2. The van der Waals surface area contributed by atoms with Gasteiger partial charge in [0.2, 0.25) is 11.8 Å². The number of carbonyl (C=O) groups excluding carboxylic acids is 2. The molecule has 0 rings (SSSR count). The van der Waals surface area contributed by atoms with E-state index in [1.54, 1.807) is 6.92 Å². The minimum Gasteiger partial charge on any atom is -0.368 e. The first-order valence-electron chi connectivity index (χ1n) is 5.06. The molecule has 0 saturated heterocycles. The lowest BCUT2D eigenvalue weighted by atomic mass is 10.1. The monoisotopic (exact) mass is 212 g/mol. The summed E-state index contributed by atoms with van der Waals surface area (Å²) < 4.78 is 0. The summed E-state index contributed by atoms with van der Waals surface area (Å²) in [4.78, 5) is 22.4. The maximum absolute atomic E-state index is 11.4. The fourth-order valence-corrected chi connectivity index (χ4v) is 1.20. The molecule has 15 heavy (non-hydrogen) atoms. The highest BCUT2D eigenvalue weighted by atomic mass is 16.2. The number of nitrogens with two attached hydrogens (primary N) is 1. The van der Waals surface area contributed by atoms with E-state index >= 15 is 0 Å². The third-order valence-corrected chi connectivity index (χ3v) is 1.82. The van der Waals surface area contributed by atoms with Crippen LogP contribution < -0.4 is 11.1 Å². The lowest BCUT2D eigenvalue weighted by Crippen LogP contribution is -2.44. The number of primary amides is 1. The van der Waals surface area contributed by atoms with Crippen molar-refractivity contribution in [3.63, 3.8) is 0 Å². The number of amides is 2. The van der Waals surface area contributed by atoms with Gasteiger partial charge < -0.3 is 11.1 Å². The van der Waals surface area contributed by atoms with Crippen molar-refractivity contribution in [2.24, 2.45) is 11.7 Å². The zero-order chi connectivity index (χ0) is 12.0. The summed E-state index contributed by atoms with van der Waals surface area (Å²) in [6.07, 6.45) is 0.805. The van der Waals surface area contributed by atoms with Gasteiger partial charge in [-0.1, -0.05) is 19.4 Å². The van der Waals surface area contributed by atoms with Crippen LogP contribution in [0.5, 0.6) is 0 Å². The minimum absolute atomic E-state index is 0.143.